The number of hydrogen-bond donors (Lipinski definition) is 3. The van der Waals surface area contributed by atoms with Gasteiger partial charge >= 0.3 is 0 Å². The number of aryl methyl sites for hydroxylation is 1. The Hall–Kier alpha value is -1.22. The maximum absolute atomic E-state index is 12.2. The molecule has 0 saturated carbocycles. The fourth-order valence-corrected chi connectivity index (χ4v) is 3.73. The van der Waals surface area contributed by atoms with E-state index < -0.39 is 10.0 Å². The van der Waals surface area contributed by atoms with E-state index in [1.807, 2.05) is 18.4 Å². The molecule has 0 fully saturated rings. The molecular weight excluding hydrogens is 284 g/mol. The van der Waals surface area contributed by atoms with Gasteiger partial charge in [0, 0.05) is 23.5 Å². The van der Waals surface area contributed by atoms with Gasteiger partial charge in [-0.05, 0) is 31.0 Å². The monoisotopic (exact) mass is 300 g/mol. The third-order valence-corrected chi connectivity index (χ3v) is 5.14. The van der Waals surface area contributed by atoms with Crippen LogP contribution < -0.4 is 10.0 Å². The molecule has 19 heavy (non-hydrogen) atoms. The topological polar surface area (TPSA) is 86.9 Å². The Morgan fingerprint density at radius 3 is 2.84 bits per heavy atom. The number of rotatable bonds is 6. The number of aromatic nitrogens is 2. The van der Waals surface area contributed by atoms with Crippen LogP contribution in [0.2, 0.25) is 0 Å². The Morgan fingerprint density at radius 2 is 2.21 bits per heavy atom. The summed E-state index contributed by atoms with van der Waals surface area (Å²) in [6, 6.07) is 1.97. The summed E-state index contributed by atoms with van der Waals surface area (Å²) in [6.45, 7) is 2.71. The lowest BCUT2D eigenvalue weighted by atomic mass is 10.3. The van der Waals surface area contributed by atoms with Gasteiger partial charge in [-0.2, -0.15) is 5.10 Å². The lowest BCUT2D eigenvalue weighted by molar-refractivity contribution is 0.575. The molecule has 3 N–H and O–H groups in total. The fraction of sp³-hybridized carbons (Fsp3) is 0.364. The van der Waals surface area contributed by atoms with Gasteiger partial charge in [0.25, 0.3) is 10.0 Å². The molecule has 2 rings (SSSR count). The molecule has 2 aromatic heterocycles. The molecule has 0 unspecified atom stereocenters. The molecule has 0 aliphatic heterocycles. The number of nitrogens with zero attached hydrogens (tertiary/aromatic N) is 1. The van der Waals surface area contributed by atoms with Crippen molar-refractivity contribution < 1.29 is 8.42 Å². The van der Waals surface area contributed by atoms with Crippen molar-refractivity contribution in [2.45, 2.75) is 25.0 Å². The van der Waals surface area contributed by atoms with Crippen molar-refractivity contribution in [3.63, 3.8) is 0 Å². The van der Waals surface area contributed by atoms with Crippen molar-refractivity contribution in [3.8, 4) is 0 Å². The molecule has 6 nitrogen and oxygen atoms in total. The summed E-state index contributed by atoms with van der Waals surface area (Å²) in [5.74, 6) is 0. The molecule has 2 heterocycles. The summed E-state index contributed by atoms with van der Waals surface area (Å²) in [4.78, 5) is 1.01. The van der Waals surface area contributed by atoms with Gasteiger partial charge in [-0.3, -0.25) is 5.10 Å². The van der Waals surface area contributed by atoms with E-state index in [-0.39, 0.29) is 5.03 Å². The van der Waals surface area contributed by atoms with Crippen molar-refractivity contribution in [1.82, 2.24) is 20.2 Å². The molecule has 0 radical (unpaired) electrons. The smallest absolute Gasteiger partial charge is 0.258 e. The maximum Gasteiger partial charge on any atom is 0.258 e. The van der Waals surface area contributed by atoms with Crippen molar-refractivity contribution in [3.05, 3.63) is 33.6 Å². The van der Waals surface area contributed by atoms with Gasteiger partial charge in [0.15, 0.2) is 5.03 Å². The van der Waals surface area contributed by atoms with Crippen LogP contribution in [0.1, 0.15) is 16.0 Å². The standard InChI is InChI=1S/C11H16N4O2S2/c1-8-3-4-18-10(8)7-14-19(16,17)11-9(5-12-2)6-13-15-11/h3-4,6,12,14H,5,7H2,1-2H3,(H,13,15). The molecule has 0 aromatic carbocycles. The van der Waals surface area contributed by atoms with Crippen LogP contribution in [0.5, 0.6) is 0 Å². The molecule has 0 aliphatic rings. The van der Waals surface area contributed by atoms with E-state index in [2.05, 4.69) is 20.2 Å². The van der Waals surface area contributed by atoms with Crippen LogP contribution in [0.15, 0.2) is 22.7 Å². The molecule has 104 valence electrons. The number of H-pyrrole nitrogens is 1. The summed E-state index contributed by atoms with van der Waals surface area (Å²) < 4.78 is 27.0. The minimum atomic E-state index is -3.56. The fourth-order valence-electron chi connectivity index (χ4n) is 1.67. The first kappa shape index (κ1) is 14.2. The van der Waals surface area contributed by atoms with Gasteiger partial charge < -0.3 is 5.32 Å². The molecule has 0 aliphatic carbocycles. The average molecular weight is 300 g/mol. The molecular formula is C11H16N4O2S2. The quantitative estimate of drug-likeness (QED) is 0.742. The SMILES string of the molecule is CNCc1cn[nH]c1S(=O)(=O)NCc1sccc1C. The zero-order chi connectivity index (χ0) is 13.9. The normalized spacial score (nSPS) is 11.9. The summed E-state index contributed by atoms with van der Waals surface area (Å²) >= 11 is 1.54. The Morgan fingerprint density at radius 1 is 1.42 bits per heavy atom. The molecule has 8 heteroatoms. The summed E-state index contributed by atoms with van der Waals surface area (Å²) in [5.41, 5.74) is 1.71. The predicted octanol–water partition coefficient (Wildman–Crippen LogP) is 0.978. The second-order valence-electron chi connectivity index (χ2n) is 4.11. The Bertz CT molecular complexity index is 645. The highest BCUT2D eigenvalue weighted by atomic mass is 32.2. The van der Waals surface area contributed by atoms with E-state index in [0.717, 1.165) is 10.4 Å². The lowest BCUT2D eigenvalue weighted by Gasteiger charge is -2.06. The van der Waals surface area contributed by atoms with Crippen molar-refractivity contribution in [2.75, 3.05) is 7.05 Å². The zero-order valence-electron chi connectivity index (χ0n) is 10.7. The van der Waals surface area contributed by atoms with Gasteiger partial charge in [0.2, 0.25) is 0 Å². The van der Waals surface area contributed by atoms with E-state index in [1.165, 1.54) is 17.5 Å². The first-order valence-corrected chi connectivity index (χ1v) is 8.10. The molecule has 0 spiro atoms. The third kappa shape index (κ3) is 3.21. The minimum absolute atomic E-state index is 0.121. The van der Waals surface area contributed by atoms with E-state index in [0.29, 0.717) is 18.7 Å². The molecule has 0 atom stereocenters. The summed E-state index contributed by atoms with van der Waals surface area (Å²) in [5, 5.41) is 11.3. The maximum atomic E-state index is 12.2. The first-order valence-electron chi connectivity index (χ1n) is 5.74. The molecule has 0 amide bonds. The minimum Gasteiger partial charge on any atom is -0.316 e. The third-order valence-electron chi connectivity index (χ3n) is 2.71. The molecule has 0 bridgehead atoms. The van der Waals surface area contributed by atoms with Gasteiger partial charge in [-0.25, -0.2) is 13.1 Å². The summed E-state index contributed by atoms with van der Waals surface area (Å²) in [6.07, 6.45) is 1.52. The Labute approximate surface area is 116 Å². The van der Waals surface area contributed by atoms with Gasteiger partial charge in [-0.15, -0.1) is 11.3 Å². The second kappa shape index (κ2) is 5.83. The number of hydrogen-bond acceptors (Lipinski definition) is 5. The van der Waals surface area contributed by atoms with E-state index in [9.17, 15) is 8.42 Å². The van der Waals surface area contributed by atoms with Crippen LogP contribution in [0.4, 0.5) is 0 Å². The highest BCUT2D eigenvalue weighted by Crippen LogP contribution is 2.17. The van der Waals surface area contributed by atoms with Crippen LogP contribution >= 0.6 is 11.3 Å². The van der Waals surface area contributed by atoms with Crippen LogP contribution in [-0.2, 0) is 23.1 Å². The average Bonchev–Trinajstić information content (AvgIpc) is 2.97. The van der Waals surface area contributed by atoms with Crippen LogP contribution in [0, 0.1) is 6.92 Å². The number of sulfonamides is 1. The highest BCUT2D eigenvalue weighted by molar-refractivity contribution is 7.89. The van der Waals surface area contributed by atoms with Crippen molar-refractivity contribution in [2.24, 2.45) is 0 Å². The predicted molar refractivity (Wildman–Crippen MR) is 74.4 cm³/mol. The largest absolute Gasteiger partial charge is 0.316 e. The number of aromatic amines is 1. The van der Waals surface area contributed by atoms with E-state index >= 15 is 0 Å². The van der Waals surface area contributed by atoms with E-state index in [1.54, 1.807) is 7.05 Å². The van der Waals surface area contributed by atoms with Gasteiger partial charge in [-0.1, -0.05) is 0 Å². The summed E-state index contributed by atoms with van der Waals surface area (Å²) in [7, 11) is -1.81. The van der Waals surface area contributed by atoms with Crippen molar-refractivity contribution >= 4 is 21.4 Å². The molecule has 2 aromatic rings. The van der Waals surface area contributed by atoms with Crippen molar-refractivity contribution in [1.29, 1.82) is 0 Å². The van der Waals surface area contributed by atoms with Gasteiger partial charge in [0.1, 0.15) is 0 Å². The van der Waals surface area contributed by atoms with Crippen LogP contribution in [0.25, 0.3) is 0 Å². The second-order valence-corrected chi connectivity index (χ2v) is 6.81. The highest BCUT2D eigenvalue weighted by Gasteiger charge is 2.20. The van der Waals surface area contributed by atoms with Gasteiger partial charge in [0.05, 0.1) is 6.20 Å². The lowest BCUT2D eigenvalue weighted by Crippen LogP contribution is -2.25. The number of thiophene rings is 1. The van der Waals surface area contributed by atoms with Crippen LogP contribution in [-0.4, -0.2) is 25.7 Å². The number of nitrogens with one attached hydrogen (secondary N) is 3. The zero-order valence-corrected chi connectivity index (χ0v) is 12.4. The Balaban J connectivity index is 2.14. The first-order chi connectivity index (χ1) is 9.04. The van der Waals surface area contributed by atoms with E-state index in [4.69, 9.17) is 0 Å². The Kier molecular flexibility index (Phi) is 4.35. The van der Waals surface area contributed by atoms with Crippen LogP contribution in [0.3, 0.4) is 0 Å². The molecule has 0 saturated heterocycles.